The van der Waals surface area contributed by atoms with Crippen molar-refractivity contribution in [3.05, 3.63) is 30.0 Å². The lowest BCUT2D eigenvalue weighted by Crippen LogP contribution is -2.59. The van der Waals surface area contributed by atoms with Crippen LogP contribution >= 0.6 is 0 Å². The minimum atomic E-state index is -0.459. The van der Waals surface area contributed by atoms with Gasteiger partial charge in [-0.05, 0) is 25.0 Å². The lowest BCUT2D eigenvalue weighted by Gasteiger charge is -2.48. The number of hydrogen-bond donors (Lipinski definition) is 1. The molecule has 1 aromatic carbocycles. The third-order valence-electron chi connectivity index (χ3n) is 6.64. The first-order valence-corrected chi connectivity index (χ1v) is 11.4. The van der Waals surface area contributed by atoms with Crippen LogP contribution in [0.25, 0.3) is 11.0 Å². The zero-order valence-corrected chi connectivity index (χ0v) is 18.7. The first kappa shape index (κ1) is 22.6. The maximum absolute atomic E-state index is 12.4. The van der Waals surface area contributed by atoms with Gasteiger partial charge in [0.25, 0.3) is 5.91 Å². The van der Waals surface area contributed by atoms with E-state index in [4.69, 9.17) is 18.6 Å². The number of nitrogens with zero attached hydrogens (tertiary/aromatic N) is 1. The quantitative estimate of drug-likeness (QED) is 0.626. The number of methoxy groups -OCH3 is 1. The van der Waals surface area contributed by atoms with Crippen molar-refractivity contribution in [1.82, 2.24) is 10.2 Å². The third kappa shape index (κ3) is 5.24. The van der Waals surface area contributed by atoms with E-state index in [0.29, 0.717) is 17.9 Å². The van der Waals surface area contributed by atoms with Gasteiger partial charge in [-0.3, -0.25) is 14.5 Å². The van der Waals surface area contributed by atoms with Crippen LogP contribution in [0.2, 0.25) is 0 Å². The van der Waals surface area contributed by atoms with Gasteiger partial charge in [-0.2, -0.15) is 0 Å². The van der Waals surface area contributed by atoms with Crippen LogP contribution in [0, 0.1) is 0 Å². The van der Waals surface area contributed by atoms with Gasteiger partial charge in [-0.15, -0.1) is 0 Å². The first-order chi connectivity index (χ1) is 15.6. The Hall–Kier alpha value is -2.58. The van der Waals surface area contributed by atoms with E-state index in [2.05, 4.69) is 10.2 Å². The Kier molecular flexibility index (Phi) is 7.32. The average Bonchev–Trinajstić information content (AvgIpc) is 3.24. The van der Waals surface area contributed by atoms with Crippen molar-refractivity contribution in [3.8, 4) is 5.75 Å². The van der Waals surface area contributed by atoms with Crippen LogP contribution in [0.3, 0.4) is 0 Å². The molecule has 174 valence electrons. The van der Waals surface area contributed by atoms with Gasteiger partial charge < -0.3 is 23.9 Å². The largest absolute Gasteiger partial charge is 0.497 e. The monoisotopic (exact) mass is 444 g/mol. The third-order valence-corrected chi connectivity index (χ3v) is 6.64. The molecule has 0 radical (unpaired) electrons. The number of hydrogen-bond acceptors (Lipinski definition) is 7. The molecule has 1 amide bonds. The Morgan fingerprint density at radius 1 is 1.16 bits per heavy atom. The summed E-state index contributed by atoms with van der Waals surface area (Å²) in [4.78, 5) is 27.2. The molecule has 8 heteroatoms. The maximum atomic E-state index is 12.4. The van der Waals surface area contributed by atoms with E-state index < -0.39 is 5.97 Å². The Bertz CT molecular complexity index is 928. The number of fused-ring (bicyclic) bond motifs is 1. The highest BCUT2D eigenvalue weighted by atomic mass is 16.5. The summed E-state index contributed by atoms with van der Waals surface area (Å²) in [5, 5.41) is 3.85. The summed E-state index contributed by atoms with van der Waals surface area (Å²) in [6, 6.07) is 5.44. The van der Waals surface area contributed by atoms with Gasteiger partial charge in [-0.25, -0.2) is 0 Å². The van der Waals surface area contributed by atoms with Gasteiger partial charge in [0.15, 0.2) is 6.61 Å². The van der Waals surface area contributed by atoms with Gasteiger partial charge >= 0.3 is 5.97 Å². The van der Waals surface area contributed by atoms with Gasteiger partial charge in [-0.1, -0.05) is 19.3 Å². The predicted molar refractivity (Wildman–Crippen MR) is 119 cm³/mol. The molecule has 0 unspecified atom stereocenters. The molecule has 1 aromatic heterocycles. The maximum Gasteiger partial charge on any atom is 0.310 e. The Morgan fingerprint density at radius 3 is 2.69 bits per heavy atom. The van der Waals surface area contributed by atoms with E-state index in [-0.39, 0.29) is 24.5 Å². The molecule has 8 nitrogen and oxygen atoms in total. The number of carbonyl (C=O) groups is 2. The molecular weight excluding hydrogens is 412 g/mol. The van der Waals surface area contributed by atoms with Gasteiger partial charge in [0.05, 0.1) is 33.0 Å². The van der Waals surface area contributed by atoms with Crippen molar-refractivity contribution in [2.75, 3.05) is 46.6 Å². The molecular formula is C24H32N2O6. The van der Waals surface area contributed by atoms with E-state index in [9.17, 15) is 9.59 Å². The van der Waals surface area contributed by atoms with E-state index >= 15 is 0 Å². The summed E-state index contributed by atoms with van der Waals surface area (Å²) in [7, 11) is 1.59. The number of rotatable bonds is 8. The lowest BCUT2D eigenvalue weighted by atomic mass is 9.79. The number of ether oxygens (including phenoxy) is 3. The number of esters is 1. The van der Waals surface area contributed by atoms with Crippen LogP contribution < -0.4 is 10.1 Å². The molecule has 1 aliphatic carbocycles. The number of nitrogens with one attached hydrogen (secondary N) is 1. The number of carbonyl (C=O) groups excluding carboxylic acids is 2. The minimum absolute atomic E-state index is 0.0154. The SMILES string of the molecule is COc1ccc2c(CC(=O)OCC(=O)NCC3(N4CCOCC4)CCCCC3)coc2c1. The van der Waals surface area contributed by atoms with Crippen LogP contribution in [0.1, 0.15) is 37.7 Å². The van der Waals surface area contributed by atoms with E-state index in [1.807, 2.05) is 12.1 Å². The van der Waals surface area contributed by atoms with Crippen LogP contribution in [0.5, 0.6) is 5.75 Å². The highest BCUT2D eigenvalue weighted by Crippen LogP contribution is 2.34. The minimum Gasteiger partial charge on any atom is -0.497 e. The first-order valence-electron chi connectivity index (χ1n) is 11.4. The fourth-order valence-corrected chi connectivity index (χ4v) is 4.85. The van der Waals surface area contributed by atoms with Crippen molar-refractivity contribution < 1.29 is 28.2 Å². The van der Waals surface area contributed by atoms with E-state index in [0.717, 1.165) is 50.1 Å². The highest BCUT2D eigenvalue weighted by Gasteiger charge is 2.38. The number of furan rings is 1. The van der Waals surface area contributed by atoms with Crippen molar-refractivity contribution in [1.29, 1.82) is 0 Å². The molecule has 2 fully saturated rings. The molecule has 2 aromatic rings. The zero-order valence-electron chi connectivity index (χ0n) is 18.7. The van der Waals surface area contributed by atoms with Gasteiger partial charge in [0.2, 0.25) is 0 Å². The lowest BCUT2D eigenvalue weighted by molar-refractivity contribution is -0.148. The number of amides is 1. The number of morpholine rings is 1. The molecule has 32 heavy (non-hydrogen) atoms. The summed E-state index contributed by atoms with van der Waals surface area (Å²) in [6.07, 6.45) is 7.33. The van der Waals surface area contributed by atoms with Crippen molar-refractivity contribution in [2.24, 2.45) is 0 Å². The molecule has 1 saturated carbocycles. The number of benzene rings is 1. The summed E-state index contributed by atoms with van der Waals surface area (Å²) in [5.41, 5.74) is 1.35. The Labute approximate surface area is 188 Å². The molecule has 1 saturated heterocycles. The van der Waals surface area contributed by atoms with Crippen LogP contribution in [-0.2, 0) is 25.5 Å². The smallest absolute Gasteiger partial charge is 0.310 e. The van der Waals surface area contributed by atoms with Crippen molar-refractivity contribution in [2.45, 2.75) is 44.1 Å². The van der Waals surface area contributed by atoms with Crippen molar-refractivity contribution in [3.63, 3.8) is 0 Å². The van der Waals surface area contributed by atoms with Gasteiger partial charge in [0, 0.05) is 42.2 Å². The molecule has 2 heterocycles. The second-order valence-electron chi connectivity index (χ2n) is 8.62. The van der Waals surface area contributed by atoms with E-state index in [1.165, 1.54) is 19.3 Å². The molecule has 1 N–H and O–H groups in total. The van der Waals surface area contributed by atoms with Crippen LogP contribution in [0.4, 0.5) is 0 Å². The normalized spacial score (nSPS) is 18.9. The molecule has 0 spiro atoms. The van der Waals surface area contributed by atoms with E-state index in [1.54, 1.807) is 19.4 Å². The van der Waals surface area contributed by atoms with Gasteiger partial charge in [0.1, 0.15) is 11.3 Å². The molecule has 2 aliphatic rings. The second kappa shape index (κ2) is 10.4. The Balaban J connectivity index is 1.27. The topological polar surface area (TPSA) is 90.2 Å². The summed E-state index contributed by atoms with van der Waals surface area (Å²) >= 11 is 0. The molecule has 0 bridgehead atoms. The molecule has 1 aliphatic heterocycles. The fourth-order valence-electron chi connectivity index (χ4n) is 4.85. The van der Waals surface area contributed by atoms with Crippen LogP contribution in [0.15, 0.2) is 28.9 Å². The Morgan fingerprint density at radius 2 is 1.94 bits per heavy atom. The predicted octanol–water partition coefficient (Wildman–Crippen LogP) is 2.68. The van der Waals surface area contributed by atoms with Crippen LogP contribution in [-0.4, -0.2) is 68.9 Å². The zero-order chi connectivity index (χ0) is 22.4. The molecule has 0 atom stereocenters. The molecule has 4 rings (SSSR count). The average molecular weight is 445 g/mol. The highest BCUT2D eigenvalue weighted by molar-refractivity contribution is 5.87. The summed E-state index contributed by atoms with van der Waals surface area (Å²) in [5.74, 6) is -0.0389. The summed E-state index contributed by atoms with van der Waals surface area (Å²) < 4.78 is 21.4. The van der Waals surface area contributed by atoms with Crippen molar-refractivity contribution >= 4 is 22.8 Å². The second-order valence-corrected chi connectivity index (χ2v) is 8.62. The summed E-state index contributed by atoms with van der Waals surface area (Å²) in [6.45, 7) is 3.58. The fraction of sp³-hybridized carbons (Fsp3) is 0.583. The standard InChI is InChI=1S/C24H32N2O6/c1-29-19-5-6-20-18(15-31-21(20)14-19)13-23(28)32-16-22(27)25-17-24(7-3-2-4-8-24)26-9-11-30-12-10-26/h5-6,14-15H,2-4,7-13,16-17H2,1H3,(H,25,27).